The van der Waals surface area contributed by atoms with Gasteiger partial charge in [-0.3, -0.25) is 0 Å². The van der Waals surface area contributed by atoms with Crippen molar-refractivity contribution < 1.29 is 13.2 Å². The van der Waals surface area contributed by atoms with Gasteiger partial charge in [-0.25, -0.2) is 8.42 Å². The lowest BCUT2D eigenvalue weighted by Gasteiger charge is -2.23. The van der Waals surface area contributed by atoms with Crippen LogP contribution in [0.25, 0.3) is 0 Å². The Kier molecular flexibility index (Phi) is 3.94. The van der Waals surface area contributed by atoms with Crippen LogP contribution in [0.15, 0.2) is 86.3 Å². The van der Waals surface area contributed by atoms with Gasteiger partial charge in [-0.2, -0.15) is 0 Å². The number of sulfone groups is 1. The number of ether oxygens (including phenoxy) is 1. The van der Waals surface area contributed by atoms with Crippen LogP contribution in [0, 0.1) is 0 Å². The molecule has 0 radical (unpaired) electrons. The molecule has 4 rings (SSSR count). The number of hydrogen-bond donors (Lipinski definition) is 1. The monoisotopic (exact) mass is 369 g/mol. The molecular formula is C19H15NO3S2. The van der Waals surface area contributed by atoms with E-state index in [9.17, 15) is 8.42 Å². The Balaban J connectivity index is 1.82. The highest BCUT2D eigenvalue weighted by Gasteiger charge is 2.26. The summed E-state index contributed by atoms with van der Waals surface area (Å²) < 4.78 is 31.4. The first kappa shape index (κ1) is 16.1. The lowest BCUT2D eigenvalue weighted by molar-refractivity contribution is 0.414. The zero-order chi connectivity index (χ0) is 17.4. The maximum Gasteiger partial charge on any atom is 0.208 e. The van der Waals surface area contributed by atoms with Crippen molar-refractivity contribution in [3.63, 3.8) is 0 Å². The van der Waals surface area contributed by atoms with Crippen LogP contribution in [0.1, 0.15) is 0 Å². The average Bonchev–Trinajstić information content (AvgIpc) is 2.65. The number of para-hydroxylation sites is 2. The maximum absolute atomic E-state index is 13.1. The maximum atomic E-state index is 13.1. The molecule has 1 aliphatic heterocycles. The van der Waals surface area contributed by atoms with Gasteiger partial charge < -0.3 is 10.1 Å². The van der Waals surface area contributed by atoms with Crippen molar-refractivity contribution in [3.8, 4) is 5.75 Å². The predicted octanol–water partition coefficient (Wildman–Crippen LogP) is 4.74. The topological polar surface area (TPSA) is 55.4 Å². The molecule has 1 N–H and O–H groups in total. The molecule has 0 spiro atoms. The number of nitrogens with one attached hydrogen (secondary N) is 1. The van der Waals surface area contributed by atoms with Gasteiger partial charge in [0, 0.05) is 9.79 Å². The van der Waals surface area contributed by atoms with Crippen molar-refractivity contribution in [2.24, 2.45) is 0 Å². The molecule has 3 aromatic carbocycles. The van der Waals surface area contributed by atoms with E-state index in [4.69, 9.17) is 4.74 Å². The minimum Gasteiger partial charge on any atom is -0.497 e. The molecule has 0 bridgehead atoms. The summed E-state index contributed by atoms with van der Waals surface area (Å²) in [6.07, 6.45) is 0. The molecule has 25 heavy (non-hydrogen) atoms. The number of rotatable bonds is 3. The first-order valence-corrected chi connectivity index (χ1v) is 9.95. The molecule has 0 saturated heterocycles. The number of anilines is 2. The number of methoxy groups -OCH3 is 1. The molecule has 126 valence electrons. The van der Waals surface area contributed by atoms with Crippen molar-refractivity contribution in [1.29, 1.82) is 0 Å². The molecule has 0 aromatic heterocycles. The molecule has 0 aliphatic carbocycles. The molecule has 0 unspecified atom stereocenters. The van der Waals surface area contributed by atoms with Crippen molar-refractivity contribution in [2.45, 2.75) is 19.6 Å². The van der Waals surface area contributed by atoms with Gasteiger partial charge in [0.1, 0.15) is 5.75 Å². The van der Waals surface area contributed by atoms with E-state index in [1.165, 1.54) is 0 Å². The summed E-state index contributed by atoms with van der Waals surface area (Å²) in [7, 11) is -2.09. The quantitative estimate of drug-likeness (QED) is 0.565. The second-order valence-corrected chi connectivity index (χ2v) is 8.53. The third kappa shape index (κ3) is 2.77. The van der Waals surface area contributed by atoms with Crippen molar-refractivity contribution in [3.05, 3.63) is 66.7 Å². The van der Waals surface area contributed by atoms with E-state index in [0.717, 1.165) is 15.5 Å². The summed E-state index contributed by atoms with van der Waals surface area (Å²) in [6, 6.07) is 19.6. The molecule has 0 atom stereocenters. The summed E-state index contributed by atoms with van der Waals surface area (Å²) in [5, 5.41) is 3.28. The van der Waals surface area contributed by atoms with Gasteiger partial charge in [0.05, 0.1) is 28.3 Å². The Morgan fingerprint density at radius 1 is 0.880 bits per heavy atom. The molecule has 0 fully saturated rings. The average molecular weight is 369 g/mol. The van der Waals surface area contributed by atoms with Gasteiger partial charge in [-0.1, -0.05) is 30.0 Å². The van der Waals surface area contributed by atoms with Crippen LogP contribution < -0.4 is 10.1 Å². The zero-order valence-corrected chi connectivity index (χ0v) is 15.0. The van der Waals surface area contributed by atoms with Crippen LogP contribution in [0.2, 0.25) is 0 Å². The first-order chi connectivity index (χ1) is 12.1. The molecule has 6 heteroatoms. The fourth-order valence-electron chi connectivity index (χ4n) is 2.74. The third-order valence-electron chi connectivity index (χ3n) is 4.01. The Labute approximate surface area is 150 Å². The molecule has 0 saturated carbocycles. The van der Waals surface area contributed by atoms with Crippen molar-refractivity contribution >= 4 is 33.0 Å². The van der Waals surface area contributed by atoms with Gasteiger partial charge in [-0.05, 0) is 48.5 Å². The number of fused-ring (bicyclic) bond motifs is 2. The lowest BCUT2D eigenvalue weighted by Crippen LogP contribution is -2.09. The Morgan fingerprint density at radius 2 is 1.60 bits per heavy atom. The lowest BCUT2D eigenvalue weighted by atomic mass is 10.2. The smallest absolute Gasteiger partial charge is 0.208 e. The predicted molar refractivity (Wildman–Crippen MR) is 98.7 cm³/mol. The third-order valence-corrected chi connectivity index (χ3v) is 6.96. The minimum atomic E-state index is -3.64. The fourth-order valence-corrected chi connectivity index (χ4v) is 5.26. The van der Waals surface area contributed by atoms with Gasteiger partial charge in [0.2, 0.25) is 9.84 Å². The molecule has 1 aliphatic rings. The van der Waals surface area contributed by atoms with Gasteiger partial charge in [-0.15, -0.1) is 0 Å². The standard InChI is InChI=1S/C19H15NO3S2/c1-23-13-9-11-14(12-10-13)25(21,22)18-8-4-7-17-19(18)20-15-5-2-3-6-16(15)24-17/h2-12,20H,1H3. The number of benzene rings is 3. The highest BCUT2D eigenvalue weighted by atomic mass is 32.2. The summed E-state index contributed by atoms with van der Waals surface area (Å²) in [4.78, 5) is 2.49. The SMILES string of the molecule is COc1ccc(S(=O)(=O)c2cccc3c2Nc2ccccc2S3)cc1. The van der Waals surface area contributed by atoms with E-state index in [0.29, 0.717) is 11.4 Å². The second kappa shape index (κ2) is 6.13. The van der Waals surface area contributed by atoms with Crippen LogP contribution in [-0.4, -0.2) is 15.5 Å². The van der Waals surface area contributed by atoms with E-state index in [-0.39, 0.29) is 9.79 Å². The summed E-state index contributed by atoms with van der Waals surface area (Å²) in [6.45, 7) is 0. The van der Waals surface area contributed by atoms with E-state index >= 15 is 0 Å². The van der Waals surface area contributed by atoms with Crippen LogP contribution in [-0.2, 0) is 9.84 Å². The summed E-state index contributed by atoms with van der Waals surface area (Å²) in [5.74, 6) is 0.622. The Bertz CT molecular complexity index is 1040. The molecule has 3 aromatic rings. The highest BCUT2D eigenvalue weighted by molar-refractivity contribution is 7.99. The Hall–Kier alpha value is -2.44. The van der Waals surface area contributed by atoms with Gasteiger partial charge >= 0.3 is 0 Å². The van der Waals surface area contributed by atoms with Crippen LogP contribution in [0.4, 0.5) is 11.4 Å². The minimum absolute atomic E-state index is 0.243. The van der Waals surface area contributed by atoms with Crippen LogP contribution in [0.3, 0.4) is 0 Å². The van der Waals surface area contributed by atoms with Crippen molar-refractivity contribution in [2.75, 3.05) is 12.4 Å². The largest absolute Gasteiger partial charge is 0.497 e. The van der Waals surface area contributed by atoms with E-state index in [1.807, 2.05) is 30.3 Å². The normalized spacial score (nSPS) is 12.7. The van der Waals surface area contributed by atoms with Crippen molar-refractivity contribution in [1.82, 2.24) is 0 Å². The van der Waals surface area contributed by atoms with Gasteiger partial charge in [0.25, 0.3) is 0 Å². The fraction of sp³-hybridized carbons (Fsp3) is 0.0526. The van der Waals surface area contributed by atoms with E-state index in [2.05, 4.69) is 5.32 Å². The van der Waals surface area contributed by atoms with E-state index < -0.39 is 9.84 Å². The first-order valence-electron chi connectivity index (χ1n) is 7.65. The van der Waals surface area contributed by atoms with E-state index in [1.54, 1.807) is 55.3 Å². The summed E-state index contributed by atoms with van der Waals surface area (Å²) >= 11 is 1.57. The molecule has 4 nitrogen and oxygen atoms in total. The Morgan fingerprint density at radius 3 is 2.36 bits per heavy atom. The highest BCUT2D eigenvalue weighted by Crippen LogP contribution is 2.47. The second-order valence-electron chi connectivity index (χ2n) is 5.53. The van der Waals surface area contributed by atoms with Gasteiger partial charge in [0.15, 0.2) is 0 Å². The van der Waals surface area contributed by atoms with Crippen LogP contribution >= 0.6 is 11.8 Å². The molecule has 1 heterocycles. The summed E-state index contributed by atoms with van der Waals surface area (Å²) in [5.41, 5.74) is 1.54. The van der Waals surface area contributed by atoms with Crippen LogP contribution in [0.5, 0.6) is 5.75 Å². The zero-order valence-electron chi connectivity index (χ0n) is 13.4. The molecular weight excluding hydrogens is 354 g/mol. The molecule has 0 amide bonds. The number of hydrogen-bond acceptors (Lipinski definition) is 5.